The topological polar surface area (TPSA) is 12.4 Å². The van der Waals surface area contributed by atoms with E-state index in [1.807, 2.05) is 17.8 Å². The van der Waals surface area contributed by atoms with Crippen molar-refractivity contribution in [2.24, 2.45) is 4.99 Å². The van der Waals surface area contributed by atoms with E-state index >= 15 is 0 Å². The van der Waals surface area contributed by atoms with Gasteiger partial charge in [0.25, 0.3) is 0 Å². The highest BCUT2D eigenvalue weighted by atomic mass is 35.5. The molecule has 1 aliphatic heterocycles. The number of hydrogen-bond acceptors (Lipinski definition) is 2. The molecule has 0 radical (unpaired) electrons. The number of halogens is 1. The van der Waals surface area contributed by atoms with Crippen molar-refractivity contribution in [3.8, 4) is 0 Å². The van der Waals surface area contributed by atoms with Crippen LogP contribution < -0.4 is 0 Å². The molecule has 0 saturated carbocycles. The fourth-order valence-corrected chi connectivity index (χ4v) is 0.720. The molecule has 1 aliphatic rings. The second-order valence-electron chi connectivity index (χ2n) is 0.973. The van der Waals surface area contributed by atoms with E-state index in [9.17, 15) is 0 Å². The van der Waals surface area contributed by atoms with Crippen molar-refractivity contribution in [2.45, 2.75) is 0 Å². The van der Waals surface area contributed by atoms with Crippen LogP contribution in [0.2, 0.25) is 0 Å². The third-order valence-electron chi connectivity index (χ3n) is 0.519. The summed E-state index contributed by atoms with van der Waals surface area (Å²) >= 11 is 1.72. The fourth-order valence-electron chi connectivity index (χ4n) is 0.281. The molecular weight excluding hydrogens is 130 g/mol. The molecule has 0 bridgehead atoms. The van der Waals surface area contributed by atoms with Gasteiger partial charge in [-0.15, -0.1) is 24.2 Å². The van der Waals surface area contributed by atoms with Crippen LogP contribution in [-0.2, 0) is 0 Å². The molecule has 0 aromatic heterocycles. The highest BCUT2D eigenvalue weighted by molar-refractivity contribution is 8.12. The minimum absolute atomic E-state index is 0. The van der Waals surface area contributed by atoms with Crippen molar-refractivity contribution < 1.29 is 0 Å². The van der Waals surface area contributed by atoms with Gasteiger partial charge in [0.1, 0.15) is 0 Å². The molecule has 3 heteroatoms. The van der Waals surface area contributed by atoms with Gasteiger partial charge in [0.2, 0.25) is 0 Å². The summed E-state index contributed by atoms with van der Waals surface area (Å²) in [5.74, 6) is 1.09. The number of nitrogens with zero attached hydrogens (tertiary/aromatic N) is 1. The van der Waals surface area contributed by atoms with Crippen molar-refractivity contribution in [3.63, 3.8) is 0 Å². The van der Waals surface area contributed by atoms with E-state index in [1.54, 1.807) is 11.8 Å². The molecule has 7 heavy (non-hydrogen) atoms. The summed E-state index contributed by atoms with van der Waals surface area (Å²) in [7, 11) is 0. The molecule has 0 saturated heterocycles. The Morgan fingerprint density at radius 1 is 1.57 bits per heavy atom. The van der Waals surface area contributed by atoms with Crippen molar-refractivity contribution in [3.05, 3.63) is 12.3 Å². The smallest absolute Gasteiger partial charge is 0.0599 e. The summed E-state index contributed by atoms with van der Waals surface area (Å²) in [6.07, 6.45) is 3.85. The van der Waals surface area contributed by atoms with Gasteiger partial charge in [-0.2, -0.15) is 0 Å². The van der Waals surface area contributed by atoms with E-state index < -0.39 is 0 Å². The number of thioether (sulfide) groups is 1. The first-order chi connectivity index (χ1) is 3.00. The zero-order valence-corrected chi connectivity index (χ0v) is 5.34. The monoisotopic (exact) mass is 135 g/mol. The second-order valence-corrected chi connectivity index (χ2v) is 1.85. The first kappa shape index (κ1) is 7.05. The van der Waals surface area contributed by atoms with Crippen LogP contribution in [0, 0.1) is 0 Å². The molecule has 1 nitrogen and oxygen atoms in total. The summed E-state index contributed by atoms with van der Waals surface area (Å²) in [5.41, 5.74) is 1.85. The predicted octanol–water partition coefficient (Wildman–Crippen LogP) is 1.70. The van der Waals surface area contributed by atoms with Crippen LogP contribution >= 0.6 is 24.2 Å². The van der Waals surface area contributed by atoms with Crippen molar-refractivity contribution in [2.75, 3.05) is 5.75 Å². The van der Waals surface area contributed by atoms with Gasteiger partial charge >= 0.3 is 0 Å². The van der Waals surface area contributed by atoms with E-state index in [0.717, 1.165) is 5.75 Å². The van der Waals surface area contributed by atoms with Crippen LogP contribution in [0.3, 0.4) is 0 Å². The van der Waals surface area contributed by atoms with Crippen LogP contribution in [0.1, 0.15) is 0 Å². The Bertz CT molecular complexity index is 77.7. The van der Waals surface area contributed by atoms with Gasteiger partial charge in [0, 0.05) is 12.0 Å². The van der Waals surface area contributed by atoms with E-state index in [2.05, 4.69) is 4.99 Å². The van der Waals surface area contributed by atoms with Gasteiger partial charge in [-0.3, -0.25) is 4.99 Å². The van der Waals surface area contributed by atoms with Gasteiger partial charge in [0.05, 0.1) is 5.55 Å². The normalized spacial score (nSPS) is 16.0. The van der Waals surface area contributed by atoms with E-state index in [0.29, 0.717) is 0 Å². The molecule has 0 fully saturated rings. The van der Waals surface area contributed by atoms with Crippen LogP contribution in [0.4, 0.5) is 0 Å². The SMILES string of the molecule is C1=CN=CSC1.Cl. The molecule has 0 atom stereocenters. The molecule has 0 aliphatic carbocycles. The predicted molar refractivity (Wildman–Crippen MR) is 37.3 cm³/mol. The quantitative estimate of drug-likeness (QED) is 0.493. The lowest BCUT2D eigenvalue weighted by Crippen LogP contribution is -1.73. The van der Waals surface area contributed by atoms with Gasteiger partial charge in [-0.1, -0.05) is 6.08 Å². The molecule has 0 aromatic carbocycles. The lowest BCUT2D eigenvalue weighted by Gasteiger charge is -1.87. The maximum atomic E-state index is 3.83. The Morgan fingerprint density at radius 2 is 2.43 bits per heavy atom. The molecule has 40 valence electrons. The molecular formula is C4H6ClNS. The largest absolute Gasteiger partial charge is 0.258 e. The molecule has 0 spiro atoms. The molecule has 0 aromatic rings. The third kappa shape index (κ3) is 2.71. The lowest BCUT2D eigenvalue weighted by atomic mass is 10.7. The van der Waals surface area contributed by atoms with Gasteiger partial charge < -0.3 is 0 Å². The van der Waals surface area contributed by atoms with Gasteiger partial charge in [-0.05, 0) is 0 Å². The molecule has 0 N–H and O–H groups in total. The highest BCUT2D eigenvalue weighted by Crippen LogP contribution is 1.99. The Hall–Kier alpha value is 0.0500. The maximum absolute atomic E-state index is 3.83. The maximum Gasteiger partial charge on any atom is 0.0599 e. The average Bonchev–Trinajstić information content (AvgIpc) is 1.72. The van der Waals surface area contributed by atoms with E-state index in [4.69, 9.17) is 0 Å². The summed E-state index contributed by atoms with van der Waals surface area (Å²) in [5, 5.41) is 0. The molecule has 0 amide bonds. The highest BCUT2D eigenvalue weighted by Gasteiger charge is 1.78. The Kier molecular flexibility index (Phi) is 4.25. The van der Waals surface area contributed by atoms with Crippen LogP contribution in [0.25, 0.3) is 0 Å². The summed E-state index contributed by atoms with van der Waals surface area (Å²) in [4.78, 5) is 3.83. The molecule has 0 unspecified atom stereocenters. The number of rotatable bonds is 0. The molecule has 1 heterocycles. The first-order valence-corrected chi connectivity index (χ1v) is 2.83. The van der Waals surface area contributed by atoms with Crippen molar-refractivity contribution in [1.29, 1.82) is 0 Å². The summed E-state index contributed by atoms with van der Waals surface area (Å²) in [6, 6.07) is 0. The Morgan fingerprint density at radius 3 is 2.57 bits per heavy atom. The second kappa shape index (κ2) is 4.22. The first-order valence-electron chi connectivity index (χ1n) is 1.78. The lowest BCUT2D eigenvalue weighted by molar-refractivity contribution is 1.55. The Labute approximate surface area is 53.3 Å². The summed E-state index contributed by atoms with van der Waals surface area (Å²) < 4.78 is 0. The number of aliphatic imine (C=N–C) groups is 1. The standard InChI is InChI=1S/C4H5NS.ClH/c1-2-5-4-6-3-1;/h1-2,4H,3H2;1H. The number of hydrogen-bond donors (Lipinski definition) is 0. The zero-order chi connectivity index (χ0) is 4.24. The van der Waals surface area contributed by atoms with Crippen molar-refractivity contribution >= 4 is 29.7 Å². The zero-order valence-electron chi connectivity index (χ0n) is 3.70. The molecule has 1 rings (SSSR count). The van der Waals surface area contributed by atoms with Crippen LogP contribution in [0.15, 0.2) is 17.3 Å². The average molecular weight is 136 g/mol. The van der Waals surface area contributed by atoms with Crippen LogP contribution in [-0.4, -0.2) is 11.3 Å². The fraction of sp³-hybridized carbons (Fsp3) is 0.250. The Balaban J connectivity index is 0.000000360. The minimum Gasteiger partial charge on any atom is -0.258 e. The van der Waals surface area contributed by atoms with Crippen LogP contribution in [0.5, 0.6) is 0 Å². The van der Waals surface area contributed by atoms with Gasteiger partial charge in [-0.25, -0.2) is 0 Å². The van der Waals surface area contributed by atoms with E-state index in [-0.39, 0.29) is 12.4 Å². The van der Waals surface area contributed by atoms with Crippen molar-refractivity contribution in [1.82, 2.24) is 0 Å². The van der Waals surface area contributed by atoms with E-state index in [1.165, 1.54) is 0 Å². The summed E-state index contributed by atoms with van der Waals surface area (Å²) in [6.45, 7) is 0. The third-order valence-corrected chi connectivity index (χ3v) is 1.18. The van der Waals surface area contributed by atoms with Gasteiger partial charge in [0.15, 0.2) is 0 Å². The minimum atomic E-state index is 0.